The fourth-order valence-corrected chi connectivity index (χ4v) is 2.92. The van der Waals surface area contributed by atoms with Crippen molar-refractivity contribution in [3.63, 3.8) is 0 Å². The van der Waals surface area contributed by atoms with E-state index in [1.54, 1.807) is 43.4 Å². The lowest BCUT2D eigenvalue weighted by Crippen LogP contribution is -2.11. The molecule has 0 bridgehead atoms. The third-order valence-corrected chi connectivity index (χ3v) is 4.41. The molecule has 0 aliphatic heterocycles. The van der Waals surface area contributed by atoms with Gasteiger partial charge in [-0.2, -0.15) is 0 Å². The SMILES string of the molecule is COc1cc2ncnc(N(C)c3cc(-c4ccc(F)cc4)no3)c2cc1OC. The molecule has 0 N–H and O–H groups in total. The van der Waals surface area contributed by atoms with Crippen molar-refractivity contribution >= 4 is 22.6 Å². The number of anilines is 2. The molecule has 7 nitrogen and oxygen atoms in total. The molecule has 0 atom stereocenters. The van der Waals surface area contributed by atoms with Gasteiger partial charge in [0.1, 0.15) is 23.7 Å². The van der Waals surface area contributed by atoms with Crippen molar-refractivity contribution in [1.29, 1.82) is 0 Å². The van der Waals surface area contributed by atoms with Gasteiger partial charge in [0.2, 0.25) is 5.88 Å². The van der Waals surface area contributed by atoms with Gasteiger partial charge in [0.25, 0.3) is 0 Å². The Bertz CT molecular complexity index is 1130. The van der Waals surface area contributed by atoms with E-state index in [4.69, 9.17) is 14.0 Å². The fraction of sp³-hybridized carbons (Fsp3) is 0.150. The Morgan fingerprint density at radius 2 is 1.68 bits per heavy atom. The van der Waals surface area contributed by atoms with Crippen molar-refractivity contribution in [2.75, 3.05) is 26.2 Å². The second-order valence-electron chi connectivity index (χ2n) is 6.04. The van der Waals surface area contributed by atoms with E-state index < -0.39 is 0 Å². The molecule has 2 heterocycles. The Morgan fingerprint density at radius 3 is 2.39 bits per heavy atom. The lowest BCUT2D eigenvalue weighted by molar-refractivity contribution is 0.356. The van der Waals surface area contributed by atoms with Crippen molar-refractivity contribution in [3.05, 3.63) is 54.6 Å². The zero-order valence-corrected chi connectivity index (χ0v) is 15.5. The van der Waals surface area contributed by atoms with Crippen LogP contribution in [0.3, 0.4) is 0 Å². The fourth-order valence-electron chi connectivity index (χ4n) is 2.92. The summed E-state index contributed by atoms with van der Waals surface area (Å²) in [6, 6.07) is 11.4. The Hall–Kier alpha value is -3.68. The number of benzene rings is 2. The molecule has 0 fully saturated rings. The van der Waals surface area contributed by atoms with E-state index in [9.17, 15) is 4.39 Å². The van der Waals surface area contributed by atoms with Gasteiger partial charge in [-0.05, 0) is 30.3 Å². The van der Waals surface area contributed by atoms with Crippen molar-refractivity contribution in [2.24, 2.45) is 0 Å². The van der Waals surface area contributed by atoms with Gasteiger partial charge in [-0.15, -0.1) is 0 Å². The van der Waals surface area contributed by atoms with Crippen molar-refractivity contribution in [1.82, 2.24) is 15.1 Å². The minimum absolute atomic E-state index is 0.304. The average molecular weight is 380 g/mol. The molecule has 28 heavy (non-hydrogen) atoms. The first-order chi connectivity index (χ1) is 13.6. The topological polar surface area (TPSA) is 73.5 Å². The number of rotatable bonds is 5. The Kier molecular flexibility index (Phi) is 4.52. The monoisotopic (exact) mass is 380 g/mol. The molecule has 4 rings (SSSR count). The number of methoxy groups -OCH3 is 2. The predicted octanol–water partition coefficient (Wildman–Crippen LogP) is 4.21. The van der Waals surface area contributed by atoms with Crippen LogP contribution in [0, 0.1) is 5.82 Å². The highest BCUT2D eigenvalue weighted by Gasteiger charge is 2.18. The van der Waals surface area contributed by atoms with E-state index in [0.29, 0.717) is 34.4 Å². The molecule has 0 saturated carbocycles. The zero-order chi connectivity index (χ0) is 19.7. The van der Waals surface area contributed by atoms with Crippen LogP contribution < -0.4 is 14.4 Å². The number of halogens is 1. The minimum Gasteiger partial charge on any atom is -0.493 e. The molecule has 0 aliphatic carbocycles. The third kappa shape index (κ3) is 3.09. The smallest absolute Gasteiger partial charge is 0.233 e. The molecule has 0 spiro atoms. The molecule has 2 aromatic carbocycles. The standard InChI is InChI=1S/C20H17FN4O3/c1-25(19-10-15(24-28-19)12-4-6-13(21)7-5-12)20-14-8-17(26-2)18(27-3)9-16(14)22-11-23-20/h4-11H,1-3H3. The molecule has 0 saturated heterocycles. The summed E-state index contributed by atoms with van der Waals surface area (Å²) in [4.78, 5) is 10.5. The Balaban J connectivity index is 1.75. The second-order valence-corrected chi connectivity index (χ2v) is 6.04. The molecule has 0 aliphatic rings. The van der Waals surface area contributed by atoms with Gasteiger partial charge in [0.05, 0.1) is 19.7 Å². The van der Waals surface area contributed by atoms with E-state index in [1.807, 2.05) is 13.1 Å². The van der Waals surface area contributed by atoms with Gasteiger partial charge in [-0.3, -0.25) is 4.90 Å². The number of fused-ring (bicyclic) bond motifs is 1. The Labute approximate surface area is 160 Å². The van der Waals surface area contributed by atoms with Crippen LogP contribution in [-0.4, -0.2) is 36.4 Å². The molecule has 0 unspecified atom stereocenters. The maximum atomic E-state index is 13.1. The summed E-state index contributed by atoms with van der Waals surface area (Å²) in [5.74, 6) is 1.95. The lowest BCUT2D eigenvalue weighted by Gasteiger charge is -2.17. The van der Waals surface area contributed by atoms with Crippen LogP contribution in [0.5, 0.6) is 11.5 Å². The third-order valence-electron chi connectivity index (χ3n) is 4.41. The number of hydrogen-bond acceptors (Lipinski definition) is 7. The molecule has 142 valence electrons. The summed E-state index contributed by atoms with van der Waals surface area (Å²) in [6.45, 7) is 0. The highest BCUT2D eigenvalue weighted by Crippen LogP contribution is 2.36. The highest BCUT2D eigenvalue weighted by atomic mass is 19.1. The number of hydrogen-bond donors (Lipinski definition) is 0. The van der Waals surface area contributed by atoms with Crippen molar-refractivity contribution in [2.45, 2.75) is 0 Å². The maximum absolute atomic E-state index is 13.1. The van der Waals surface area contributed by atoms with Crippen LogP contribution in [0.2, 0.25) is 0 Å². The molecule has 8 heteroatoms. The molecular weight excluding hydrogens is 363 g/mol. The average Bonchev–Trinajstić information content (AvgIpc) is 3.22. The highest BCUT2D eigenvalue weighted by molar-refractivity contribution is 5.93. The van der Waals surface area contributed by atoms with Gasteiger partial charge in [0, 0.05) is 30.1 Å². The van der Waals surface area contributed by atoms with E-state index in [1.165, 1.54) is 18.5 Å². The Morgan fingerprint density at radius 1 is 0.964 bits per heavy atom. The van der Waals surface area contributed by atoms with E-state index in [-0.39, 0.29) is 5.82 Å². The lowest BCUT2D eigenvalue weighted by atomic mass is 10.1. The van der Waals surface area contributed by atoms with E-state index in [2.05, 4.69) is 15.1 Å². The zero-order valence-electron chi connectivity index (χ0n) is 15.5. The number of nitrogens with zero attached hydrogens (tertiary/aromatic N) is 4. The van der Waals surface area contributed by atoms with Gasteiger partial charge in [-0.1, -0.05) is 5.16 Å². The first-order valence-electron chi connectivity index (χ1n) is 8.44. The predicted molar refractivity (Wildman–Crippen MR) is 103 cm³/mol. The van der Waals surface area contributed by atoms with Gasteiger partial charge in [-0.25, -0.2) is 14.4 Å². The summed E-state index contributed by atoms with van der Waals surface area (Å²) in [5, 5.41) is 4.84. The van der Waals surface area contributed by atoms with Crippen LogP contribution in [0.15, 0.2) is 53.3 Å². The molecule has 2 aromatic heterocycles. The van der Waals surface area contributed by atoms with Gasteiger partial charge >= 0.3 is 0 Å². The van der Waals surface area contributed by atoms with Crippen molar-refractivity contribution < 1.29 is 18.4 Å². The quantitative estimate of drug-likeness (QED) is 0.513. The molecule has 4 aromatic rings. The minimum atomic E-state index is -0.304. The molecule has 0 radical (unpaired) electrons. The summed E-state index contributed by atoms with van der Waals surface area (Å²) in [6.07, 6.45) is 1.47. The van der Waals surface area contributed by atoms with Gasteiger partial charge < -0.3 is 14.0 Å². The number of aromatic nitrogens is 3. The summed E-state index contributed by atoms with van der Waals surface area (Å²) >= 11 is 0. The first kappa shape index (κ1) is 17.7. The van der Waals surface area contributed by atoms with Gasteiger partial charge in [0.15, 0.2) is 11.5 Å². The van der Waals surface area contributed by atoms with E-state index in [0.717, 1.165) is 10.9 Å². The van der Waals surface area contributed by atoms with Crippen LogP contribution in [0.25, 0.3) is 22.2 Å². The van der Waals surface area contributed by atoms with Crippen molar-refractivity contribution in [3.8, 4) is 22.8 Å². The summed E-state index contributed by atoms with van der Waals surface area (Å²) in [5.41, 5.74) is 2.05. The first-order valence-corrected chi connectivity index (χ1v) is 8.44. The summed E-state index contributed by atoms with van der Waals surface area (Å²) < 4.78 is 29.3. The summed E-state index contributed by atoms with van der Waals surface area (Å²) in [7, 11) is 4.96. The van der Waals surface area contributed by atoms with Crippen LogP contribution in [-0.2, 0) is 0 Å². The maximum Gasteiger partial charge on any atom is 0.233 e. The number of ether oxygens (including phenoxy) is 2. The normalized spacial score (nSPS) is 10.9. The van der Waals surface area contributed by atoms with Crippen LogP contribution in [0.4, 0.5) is 16.1 Å². The van der Waals surface area contributed by atoms with E-state index >= 15 is 0 Å². The van der Waals surface area contributed by atoms with Crippen LogP contribution >= 0.6 is 0 Å². The van der Waals surface area contributed by atoms with Crippen LogP contribution in [0.1, 0.15) is 0 Å². The largest absolute Gasteiger partial charge is 0.493 e. The second kappa shape index (κ2) is 7.15. The molecule has 0 amide bonds. The molecular formula is C20H17FN4O3.